The Hall–Kier alpha value is -1.03. The van der Waals surface area contributed by atoms with E-state index in [1.54, 1.807) is 7.11 Å². The second-order valence-corrected chi connectivity index (χ2v) is 6.27. The van der Waals surface area contributed by atoms with E-state index in [0.29, 0.717) is 6.42 Å². The average molecular weight is 315 g/mol. The largest absolute Gasteiger partial charge is 0.497 e. The maximum atomic E-state index is 11.4. The number of hydrogen-bond donors (Lipinski definition) is 1. The quantitative estimate of drug-likeness (QED) is 0.920. The second kappa shape index (κ2) is 5.74. The van der Waals surface area contributed by atoms with E-state index in [2.05, 4.69) is 15.9 Å². The standard InChI is InChI=1S/C14H19BrO3/c1-14(2,3)11(13(16)17)8-9-7-10(18-4)5-6-12(9)15/h5-7,11H,8H2,1-4H3,(H,16,17). The fourth-order valence-corrected chi connectivity index (χ4v) is 2.23. The predicted molar refractivity (Wildman–Crippen MR) is 75.0 cm³/mol. The fourth-order valence-electron chi connectivity index (χ4n) is 1.82. The number of benzene rings is 1. The Labute approximate surface area is 116 Å². The molecule has 0 amide bonds. The van der Waals surface area contributed by atoms with Gasteiger partial charge in [0, 0.05) is 4.47 Å². The third-order valence-electron chi connectivity index (χ3n) is 3.02. The first-order valence-corrected chi connectivity index (χ1v) is 6.60. The van der Waals surface area contributed by atoms with E-state index >= 15 is 0 Å². The molecule has 1 aromatic carbocycles. The van der Waals surface area contributed by atoms with Crippen molar-refractivity contribution in [2.75, 3.05) is 7.11 Å². The predicted octanol–water partition coefficient (Wildman–Crippen LogP) is 3.75. The van der Waals surface area contributed by atoms with E-state index < -0.39 is 11.9 Å². The highest BCUT2D eigenvalue weighted by Crippen LogP contribution is 2.32. The normalized spacial score (nSPS) is 13.2. The van der Waals surface area contributed by atoms with Crippen LogP contribution in [0.25, 0.3) is 0 Å². The van der Waals surface area contributed by atoms with Gasteiger partial charge < -0.3 is 9.84 Å². The van der Waals surface area contributed by atoms with Crippen LogP contribution in [0.4, 0.5) is 0 Å². The molecule has 0 aliphatic carbocycles. The van der Waals surface area contributed by atoms with Crippen LogP contribution in [0.2, 0.25) is 0 Å². The Morgan fingerprint density at radius 3 is 2.50 bits per heavy atom. The summed E-state index contributed by atoms with van der Waals surface area (Å²) < 4.78 is 6.08. The first kappa shape index (κ1) is 15.0. The van der Waals surface area contributed by atoms with Crippen molar-refractivity contribution in [3.05, 3.63) is 28.2 Å². The lowest BCUT2D eigenvalue weighted by Gasteiger charge is -2.27. The van der Waals surface area contributed by atoms with E-state index in [1.165, 1.54) is 0 Å². The Morgan fingerprint density at radius 1 is 1.44 bits per heavy atom. The molecule has 4 heteroatoms. The maximum absolute atomic E-state index is 11.4. The van der Waals surface area contributed by atoms with Gasteiger partial charge in [-0.2, -0.15) is 0 Å². The first-order chi connectivity index (χ1) is 8.25. The number of carboxylic acid groups (broad SMARTS) is 1. The molecule has 0 aliphatic heterocycles. The van der Waals surface area contributed by atoms with Crippen molar-refractivity contribution in [3.8, 4) is 5.75 Å². The molecule has 100 valence electrons. The lowest BCUT2D eigenvalue weighted by Crippen LogP contribution is -2.30. The van der Waals surface area contributed by atoms with Crippen molar-refractivity contribution >= 4 is 21.9 Å². The van der Waals surface area contributed by atoms with Crippen molar-refractivity contribution in [2.24, 2.45) is 11.3 Å². The molecule has 1 atom stereocenters. The Balaban J connectivity index is 3.04. The van der Waals surface area contributed by atoms with Gasteiger partial charge >= 0.3 is 5.97 Å². The van der Waals surface area contributed by atoms with E-state index in [0.717, 1.165) is 15.8 Å². The summed E-state index contributed by atoms with van der Waals surface area (Å²) in [4.78, 5) is 11.4. The molecule has 0 heterocycles. The van der Waals surface area contributed by atoms with Crippen molar-refractivity contribution in [3.63, 3.8) is 0 Å². The van der Waals surface area contributed by atoms with Gasteiger partial charge in [-0.05, 0) is 35.6 Å². The molecule has 1 aromatic rings. The zero-order valence-corrected chi connectivity index (χ0v) is 12.7. The van der Waals surface area contributed by atoms with Crippen molar-refractivity contribution in [2.45, 2.75) is 27.2 Å². The lowest BCUT2D eigenvalue weighted by molar-refractivity contribution is -0.145. The SMILES string of the molecule is COc1ccc(Br)c(CC(C(=O)O)C(C)(C)C)c1. The minimum atomic E-state index is -0.766. The summed E-state index contributed by atoms with van der Waals surface area (Å²) in [5.74, 6) is -0.454. The molecule has 0 spiro atoms. The Kier molecular flexibility index (Phi) is 4.79. The molecule has 3 nitrogen and oxygen atoms in total. The van der Waals surface area contributed by atoms with Crippen LogP contribution in [0, 0.1) is 11.3 Å². The van der Waals surface area contributed by atoms with Gasteiger partial charge in [-0.1, -0.05) is 36.7 Å². The van der Waals surface area contributed by atoms with E-state index in [1.807, 2.05) is 39.0 Å². The zero-order valence-electron chi connectivity index (χ0n) is 11.2. The minimum absolute atomic E-state index is 0.283. The van der Waals surface area contributed by atoms with E-state index in [4.69, 9.17) is 4.74 Å². The molecule has 0 fully saturated rings. The van der Waals surface area contributed by atoms with Crippen LogP contribution in [0.1, 0.15) is 26.3 Å². The number of aliphatic carboxylic acids is 1. The van der Waals surface area contributed by atoms with Gasteiger partial charge in [-0.25, -0.2) is 0 Å². The summed E-state index contributed by atoms with van der Waals surface area (Å²) in [7, 11) is 1.60. The maximum Gasteiger partial charge on any atom is 0.307 e. The number of carbonyl (C=O) groups is 1. The third kappa shape index (κ3) is 3.73. The molecule has 1 N–H and O–H groups in total. The first-order valence-electron chi connectivity index (χ1n) is 5.81. The number of halogens is 1. The summed E-state index contributed by atoms with van der Waals surface area (Å²) in [5.41, 5.74) is 0.672. The van der Waals surface area contributed by atoms with Crippen molar-refractivity contribution in [1.29, 1.82) is 0 Å². The van der Waals surface area contributed by atoms with Gasteiger partial charge in [-0.3, -0.25) is 4.79 Å². The third-order valence-corrected chi connectivity index (χ3v) is 3.79. The highest BCUT2D eigenvalue weighted by Gasteiger charge is 2.31. The Bertz CT molecular complexity index is 435. The molecule has 0 saturated heterocycles. The molecule has 1 unspecified atom stereocenters. The Morgan fingerprint density at radius 2 is 2.06 bits per heavy atom. The summed E-state index contributed by atoms with van der Waals surface area (Å²) in [6.45, 7) is 5.83. The smallest absolute Gasteiger partial charge is 0.307 e. The molecule has 1 rings (SSSR count). The van der Waals surface area contributed by atoms with Crippen LogP contribution in [-0.4, -0.2) is 18.2 Å². The average Bonchev–Trinajstić information content (AvgIpc) is 2.25. The molecular weight excluding hydrogens is 296 g/mol. The molecule has 0 aliphatic rings. The van der Waals surface area contributed by atoms with Gasteiger partial charge in [0.05, 0.1) is 13.0 Å². The summed E-state index contributed by atoms with van der Waals surface area (Å²) >= 11 is 3.46. The molecule has 0 bridgehead atoms. The summed E-state index contributed by atoms with van der Waals surface area (Å²) in [5, 5.41) is 9.34. The van der Waals surface area contributed by atoms with Crippen LogP contribution in [0.3, 0.4) is 0 Å². The van der Waals surface area contributed by atoms with E-state index in [-0.39, 0.29) is 5.41 Å². The van der Waals surface area contributed by atoms with Crippen LogP contribution in [0.15, 0.2) is 22.7 Å². The molecule has 0 saturated carbocycles. The number of ether oxygens (including phenoxy) is 1. The number of rotatable bonds is 4. The van der Waals surface area contributed by atoms with Gasteiger partial charge in [0.25, 0.3) is 0 Å². The monoisotopic (exact) mass is 314 g/mol. The van der Waals surface area contributed by atoms with Gasteiger partial charge in [0.1, 0.15) is 5.75 Å². The van der Waals surface area contributed by atoms with Crippen molar-refractivity contribution in [1.82, 2.24) is 0 Å². The fraction of sp³-hybridized carbons (Fsp3) is 0.500. The zero-order chi connectivity index (χ0) is 13.9. The molecular formula is C14H19BrO3. The van der Waals surface area contributed by atoms with Crippen LogP contribution < -0.4 is 4.74 Å². The van der Waals surface area contributed by atoms with Crippen LogP contribution in [-0.2, 0) is 11.2 Å². The van der Waals surface area contributed by atoms with Gasteiger partial charge in [0.2, 0.25) is 0 Å². The van der Waals surface area contributed by atoms with Crippen LogP contribution >= 0.6 is 15.9 Å². The highest BCUT2D eigenvalue weighted by atomic mass is 79.9. The molecule has 0 radical (unpaired) electrons. The van der Waals surface area contributed by atoms with Gasteiger partial charge in [0.15, 0.2) is 0 Å². The van der Waals surface area contributed by atoms with Crippen molar-refractivity contribution < 1.29 is 14.6 Å². The number of methoxy groups -OCH3 is 1. The minimum Gasteiger partial charge on any atom is -0.497 e. The second-order valence-electron chi connectivity index (χ2n) is 5.42. The molecule has 18 heavy (non-hydrogen) atoms. The lowest BCUT2D eigenvalue weighted by atomic mass is 9.77. The number of hydrogen-bond acceptors (Lipinski definition) is 2. The van der Waals surface area contributed by atoms with E-state index in [9.17, 15) is 9.90 Å². The number of carboxylic acids is 1. The van der Waals surface area contributed by atoms with Gasteiger partial charge in [-0.15, -0.1) is 0 Å². The summed E-state index contributed by atoms with van der Waals surface area (Å²) in [6, 6.07) is 5.61. The molecule has 0 aromatic heterocycles. The topological polar surface area (TPSA) is 46.5 Å². The summed E-state index contributed by atoms with van der Waals surface area (Å²) in [6.07, 6.45) is 0.483. The van der Waals surface area contributed by atoms with Crippen LogP contribution in [0.5, 0.6) is 5.75 Å². The highest BCUT2D eigenvalue weighted by molar-refractivity contribution is 9.10.